The fraction of sp³-hybridized carbons (Fsp3) is 1.00. The van der Waals surface area contributed by atoms with Gasteiger partial charge in [0.2, 0.25) is 0 Å². The first-order valence-electron chi connectivity index (χ1n) is 9.14. The highest BCUT2D eigenvalue weighted by Crippen LogP contribution is 2.37. The van der Waals surface area contributed by atoms with Crippen LogP contribution in [0.15, 0.2) is 0 Å². The second-order valence-corrected chi connectivity index (χ2v) is 8.90. The third-order valence-corrected chi connectivity index (χ3v) is 5.94. The van der Waals surface area contributed by atoms with Gasteiger partial charge in [-0.3, -0.25) is 4.90 Å². The standard InChI is InChI=1S/C18H35N3O/c1-17(2)12-16(18(3,4)22-17)19-14-6-11-21(13-14)15-7-9-20(5)10-8-15/h14-16,19H,6-13H2,1-5H3/t14-,16+/m0/s1. The lowest BCUT2D eigenvalue weighted by atomic mass is 9.93. The van der Waals surface area contributed by atoms with Gasteiger partial charge in [0.1, 0.15) is 0 Å². The first-order chi connectivity index (χ1) is 10.3. The fourth-order valence-corrected chi connectivity index (χ4v) is 4.72. The highest BCUT2D eigenvalue weighted by molar-refractivity contribution is 5.01. The molecular weight excluding hydrogens is 274 g/mol. The van der Waals surface area contributed by atoms with Crippen molar-refractivity contribution >= 4 is 0 Å². The van der Waals surface area contributed by atoms with Crippen molar-refractivity contribution in [2.24, 2.45) is 0 Å². The lowest BCUT2D eigenvalue weighted by Crippen LogP contribution is -2.49. The van der Waals surface area contributed by atoms with Crippen LogP contribution in [0.25, 0.3) is 0 Å². The zero-order valence-corrected chi connectivity index (χ0v) is 15.2. The minimum atomic E-state index is -0.0511. The van der Waals surface area contributed by atoms with E-state index < -0.39 is 0 Å². The van der Waals surface area contributed by atoms with E-state index in [-0.39, 0.29) is 11.2 Å². The van der Waals surface area contributed by atoms with Crippen molar-refractivity contribution in [1.82, 2.24) is 15.1 Å². The Morgan fingerprint density at radius 3 is 2.27 bits per heavy atom. The molecule has 3 aliphatic rings. The normalized spacial score (nSPS) is 37.0. The Kier molecular flexibility index (Phi) is 4.59. The maximum Gasteiger partial charge on any atom is 0.0787 e. The molecule has 0 aromatic carbocycles. The Morgan fingerprint density at radius 1 is 1.00 bits per heavy atom. The molecule has 0 aliphatic carbocycles. The van der Waals surface area contributed by atoms with E-state index in [9.17, 15) is 0 Å². The van der Waals surface area contributed by atoms with Gasteiger partial charge in [-0.05, 0) is 73.5 Å². The van der Waals surface area contributed by atoms with Crippen LogP contribution in [0.5, 0.6) is 0 Å². The van der Waals surface area contributed by atoms with Gasteiger partial charge in [0, 0.05) is 31.2 Å². The van der Waals surface area contributed by atoms with Crippen molar-refractivity contribution in [3.8, 4) is 0 Å². The molecule has 0 spiro atoms. The molecule has 0 radical (unpaired) electrons. The number of hydrogen-bond acceptors (Lipinski definition) is 4. The molecule has 0 saturated carbocycles. The topological polar surface area (TPSA) is 27.7 Å². The number of hydrogen-bond donors (Lipinski definition) is 1. The lowest BCUT2D eigenvalue weighted by molar-refractivity contribution is -0.0704. The quantitative estimate of drug-likeness (QED) is 0.864. The summed E-state index contributed by atoms with van der Waals surface area (Å²) in [5.74, 6) is 0. The molecule has 128 valence electrons. The Bertz CT molecular complexity index is 388. The summed E-state index contributed by atoms with van der Waals surface area (Å²) >= 11 is 0. The van der Waals surface area contributed by atoms with Crippen LogP contribution in [0.2, 0.25) is 0 Å². The molecule has 4 nitrogen and oxygen atoms in total. The van der Waals surface area contributed by atoms with E-state index in [0.717, 1.165) is 12.5 Å². The minimum absolute atomic E-state index is 0.00735. The Hall–Kier alpha value is -0.160. The van der Waals surface area contributed by atoms with Crippen LogP contribution < -0.4 is 5.32 Å². The highest BCUT2D eigenvalue weighted by Gasteiger charge is 2.46. The van der Waals surface area contributed by atoms with Crippen LogP contribution in [-0.2, 0) is 4.74 Å². The van der Waals surface area contributed by atoms with E-state index in [0.29, 0.717) is 12.1 Å². The summed E-state index contributed by atoms with van der Waals surface area (Å²) in [6.07, 6.45) is 5.09. The number of likely N-dealkylation sites (tertiary alicyclic amines) is 2. The average molecular weight is 309 g/mol. The molecule has 0 amide bonds. The lowest BCUT2D eigenvalue weighted by Gasteiger charge is -2.35. The van der Waals surface area contributed by atoms with Crippen LogP contribution in [0.3, 0.4) is 0 Å². The Morgan fingerprint density at radius 2 is 1.68 bits per heavy atom. The molecule has 1 N–H and O–H groups in total. The summed E-state index contributed by atoms with van der Waals surface area (Å²) in [6.45, 7) is 13.9. The summed E-state index contributed by atoms with van der Waals surface area (Å²) in [5, 5.41) is 3.92. The molecule has 3 aliphatic heterocycles. The SMILES string of the molecule is CN1CCC(N2CC[C@H](N[C@@H]3CC(C)(C)OC3(C)C)C2)CC1. The van der Waals surface area contributed by atoms with Crippen molar-refractivity contribution < 1.29 is 4.74 Å². The van der Waals surface area contributed by atoms with Crippen LogP contribution in [0, 0.1) is 0 Å². The Balaban J connectivity index is 1.51. The number of nitrogens with zero attached hydrogens (tertiary/aromatic N) is 2. The fourth-order valence-electron chi connectivity index (χ4n) is 4.72. The highest BCUT2D eigenvalue weighted by atomic mass is 16.5. The van der Waals surface area contributed by atoms with Gasteiger partial charge in [-0.2, -0.15) is 0 Å². The Labute approximate surface area is 136 Å². The largest absolute Gasteiger partial charge is 0.368 e. The summed E-state index contributed by atoms with van der Waals surface area (Å²) in [7, 11) is 2.24. The molecular formula is C18H35N3O. The van der Waals surface area contributed by atoms with E-state index in [1.165, 1.54) is 45.4 Å². The van der Waals surface area contributed by atoms with Gasteiger partial charge in [0.05, 0.1) is 11.2 Å². The number of piperidine rings is 1. The van der Waals surface area contributed by atoms with E-state index >= 15 is 0 Å². The van der Waals surface area contributed by atoms with Crippen molar-refractivity contribution in [2.45, 2.75) is 82.7 Å². The van der Waals surface area contributed by atoms with Gasteiger partial charge < -0.3 is 15.0 Å². The van der Waals surface area contributed by atoms with Gasteiger partial charge in [-0.1, -0.05) is 0 Å². The summed E-state index contributed by atoms with van der Waals surface area (Å²) in [5.41, 5.74) is -0.0438. The maximum atomic E-state index is 6.23. The first kappa shape index (κ1) is 16.7. The molecule has 4 heteroatoms. The van der Waals surface area contributed by atoms with Crippen LogP contribution in [-0.4, -0.2) is 72.4 Å². The van der Waals surface area contributed by atoms with Crippen molar-refractivity contribution in [3.63, 3.8) is 0 Å². The van der Waals surface area contributed by atoms with E-state index in [1.54, 1.807) is 0 Å². The van der Waals surface area contributed by atoms with E-state index in [2.05, 4.69) is 49.9 Å². The van der Waals surface area contributed by atoms with Crippen molar-refractivity contribution in [3.05, 3.63) is 0 Å². The van der Waals surface area contributed by atoms with E-state index in [1.807, 2.05) is 0 Å². The second-order valence-electron chi connectivity index (χ2n) is 8.90. The number of ether oxygens (including phenoxy) is 1. The summed E-state index contributed by atoms with van der Waals surface area (Å²) < 4.78 is 6.23. The number of rotatable bonds is 3. The van der Waals surface area contributed by atoms with Crippen molar-refractivity contribution in [2.75, 3.05) is 33.2 Å². The molecule has 3 saturated heterocycles. The third-order valence-electron chi connectivity index (χ3n) is 5.94. The predicted molar refractivity (Wildman–Crippen MR) is 91.3 cm³/mol. The van der Waals surface area contributed by atoms with Gasteiger partial charge in [-0.25, -0.2) is 0 Å². The van der Waals surface area contributed by atoms with E-state index in [4.69, 9.17) is 4.74 Å². The molecule has 22 heavy (non-hydrogen) atoms. The molecule has 2 atom stereocenters. The smallest absolute Gasteiger partial charge is 0.0787 e. The van der Waals surface area contributed by atoms with Gasteiger partial charge in [0.15, 0.2) is 0 Å². The van der Waals surface area contributed by atoms with Gasteiger partial charge in [-0.15, -0.1) is 0 Å². The summed E-state index contributed by atoms with van der Waals surface area (Å²) in [6, 6.07) is 1.93. The molecule has 0 unspecified atom stereocenters. The molecule has 0 aromatic heterocycles. The van der Waals surface area contributed by atoms with Gasteiger partial charge in [0.25, 0.3) is 0 Å². The van der Waals surface area contributed by atoms with Gasteiger partial charge >= 0.3 is 0 Å². The second kappa shape index (κ2) is 6.04. The molecule has 3 rings (SSSR count). The number of nitrogens with one attached hydrogen (secondary N) is 1. The molecule has 0 bridgehead atoms. The third kappa shape index (κ3) is 3.66. The van der Waals surface area contributed by atoms with Crippen LogP contribution >= 0.6 is 0 Å². The van der Waals surface area contributed by atoms with Crippen LogP contribution in [0.4, 0.5) is 0 Å². The minimum Gasteiger partial charge on any atom is -0.368 e. The monoisotopic (exact) mass is 309 g/mol. The first-order valence-corrected chi connectivity index (χ1v) is 9.14. The average Bonchev–Trinajstić information content (AvgIpc) is 2.93. The maximum absolute atomic E-state index is 6.23. The molecule has 3 fully saturated rings. The predicted octanol–water partition coefficient (Wildman–Crippen LogP) is 2.09. The zero-order valence-electron chi connectivity index (χ0n) is 15.2. The zero-order chi connectivity index (χ0) is 16.0. The molecule has 0 aromatic rings. The van der Waals surface area contributed by atoms with Crippen molar-refractivity contribution in [1.29, 1.82) is 0 Å². The van der Waals surface area contributed by atoms with Crippen LogP contribution in [0.1, 0.15) is 53.4 Å². The molecule has 3 heterocycles. The summed E-state index contributed by atoms with van der Waals surface area (Å²) in [4.78, 5) is 5.20.